The minimum absolute atomic E-state index is 0.00884. The van der Waals surface area contributed by atoms with Crippen LogP contribution in [0.25, 0.3) is 0 Å². The number of phenolic OH excluding ortho intramolecular Hbond substituents is 3. The number of fused-ring (bicyclic) bond motifs is 17. The Morgan fingerprint density at radius 2 is 1.04 bits per heavy atom. The lowest BCUT2D eigenvalue weighted by molar-refractivity contribution is -0.193. The number of carbonyl (C=O) groups is 4. The predicted octanol–water partition coefficient (Wildman–Crippen LogP) is 8.49. The van der Waals surface area contributed by atoms with E-state index in [0.717, 1.165) is 33.4 Å². The molecule has 6 aromatic carbocycles. The van der Waals surface area contributed by atoms with Crippen LogP contribution in [0.3, 0.4) is 0 Å². The summed E-state index contributed by atoms with van der Waals surface area (Å²) in [5.41, 5.74) is 8.14. The molecule has 114 heavy (non-hydrogen) atoms. The van der Waals surface area contributed by atoms with Gasteiger partial charge in [0, 0.05) is 114 Å². The number of rotatable bonds is 10. The fraction of sp³-hybridized carbons (Fsp3) is 0.476. The maximum atomic E-state index is 15.5. The van der Waals surface area contributed by atoms with Crippen LogP contribution < -0.4 is 53.3 Å². The molecule has 15 atom stereocenters. The first-order valence-electron chi connectivity index (χ1n) is 38.7. The summed E-state index contributed by atoms with van der Waals surface area (Å²) >= 11 is 2.84. The number of ether oxygens (including phenoxy) is 12. The minimum atomic E-state index is -1.53. The Hall–Kier alpha value is -9.34. The number of aromatic hydroxyl groups is 3. The molecule has 30 heteroatoms. The molecule has 8 N–H and O–H groups in total. The quantitative estimate of drug-likeness (QED) is 0.0470. The molecule has 0 aromatic heterocycles. The standard InChI is InChI=1S/C84H90N6O22S2/c1-35-19-45-21-49-79(97)89-51-29-105-81(99)83(47-25-55(101-7)53(93)23-43(47)15-17-85-83)31-113-77(61-59(51)75-73(107-33-109-75)37(3)71(61)111-39(5)91)65(89)63(57(45)67(95)69(35)103-9)87(49)27-41-11-13-42(14-12-41)28-88-50-22-46-20-36(2)70(104-10)68(96)58(46)64(88)66-78-62-60(76-74(108-34-110-76)38(4)72(62)112-40(6)92)52(90(66)80(50)98)30-106-82(100)84(32-114-78)48-26-56(102-8)54(94)24-44(48)16-18-86-84/h11-14,19,23-26,36,49-52,63-66,77-80,85-86,93-98H,15-18,20-22,27-34H2,1-10H3/t36?,49?,50?,51-,52-,63?,64?,65?,66?,77?,78?,79-,80-,83-,84-/m0/s1. The molecule has 0 radical (unpaired) electrons. The van der Waals surface area contributed by atoms with Gasteiger partial charge >= 0.3 is 23.9 Å². The summed E-state index contributed by atoms with van der Waals surface area (Å²) < 4.78 is 75.1. The molecule has 6 aromatic rings. The van der Waals surface area contributed by atoms with E-state index in [1.54, 1.807) is 31.4 Å². The smallest absolute Gasteiger partial charge is 0.331 e. The van der Waals surface area contributed by atoms with Gasteiger partial charge in [-0.1, -0.05) is 42.8 Å². The number of thioether (sulfide) groups is 2. The third-order valence-electron chi connectivity index (χ3n) is 26.3. The number of esters is 4. The van der Waals surface area contributed by atoms with Crippen LogP contribution in [0.1, 0.15) is 146 Å². The van der Waals surface area contributed by atoms with E-state index in [1.165, 1.54) is 58.7 Å². The van der Waals surface area contributed by atoms with Crippen molar-refractivity contribution in [2.75, 3.05) is 79.8 Å². The molecule has 28 nitrogen and oxygen atoms in total. The van der Waals surface area contributed by atoms with Crippen LogP contribution >= 0.6 is 23.5 Å². The Morgan fingerprint density at radius 3 is 1.51 bits per heavy atom. The fourth-order valence-corrected chi connectivity index (χ4v) is 25.0. The van der Waals surface area contributed by atoms with Crippen molar-refractivity contribution in [3.8, 4) is 69.0 Å². The van der Waals surface area contributed by atoms with Gasteiger partial charge in [0.25, 0.3) is 0 Å². The maximum Gasteiger partial charge on any atom is 0.331 e. The molecule has 14 aliphatic heterocycles. The summed E-state index contributed by atoms with van der Waals surface area (Å²) in [6, 6.07) is 10.4. The van der Waals surface area contributed by atoms with Gasteiger partial charge in [-0.15, -0.1) is 23.5 Å². The average molecular weight is 1600 g/mol. The summed E-state index contributed by atoms with van der Waals surface area (Å²) in [4.78, 5) is 66.9. The van der Waals surface area contributed by atoms with Crippen molar-refractivity contribution in [3.05, 3.63) is 161 Å². The van der Waals surface area contributed by atoms with Gasteiger partial charge in [-0.05, 0) is 122 Å². The van der Waals surface area contributed by atoms with Gasteiger partial charge in [-0.3, -0.25) is 39.8 Å². The first kappa shape index (κ1) is 74.7. The molecule has 600 valence electrons. The molecule has 15 aliphatic rings. The van der Waals surface area contributed by atoms with Gasteiger partial charge in [0.2, 0.25) is 13.6 Å². The van der Waals surface area contributed by atoms with E-state index < -0.39 is 106 Å². The third kappa shape index (κ3) is 10.9. The van der Waals surface area contributed by atoms with E-state index >= 15 is 9.59 Å². The van der Waals surface area contributed by atoms with Crippen molar-refractivity contribution in [2.24, 2.45) is 5.92 Å². The lowest BCUT2D eigenvalue weighted by Crippen LogP contribution is -2.73. The monoisotopic (exact) mass is 1600 g/mol. The van der Waals surface area contributed by atoms with Gasteiger partial charge in [0.15, 0.2) is 74.3 Å². The van der Waals surface area contributed by atoms with Crippen LogP contribution in [0, 0.1) is 26.7 Å². The number of piperazine rings is 2. The number of allylic oxidation sites excluding steroid dienone is 1. The van der Waals surface area contributed by atoms with E-state index in [4.69, 9.17) is 56.8 Å². The second-order valence-electron chi connectivity index (χ2n) is 32.1. The number of methoxy groups -OCH3 is 4. The number of phenols is 3. The predicted molar refractivity (Wildman–Crippen MR) is 411 cm³/mol. The summed E-state index contributed by atoms with van der Waals surface area (Å²) in [6.45, 7) is 10.4. The summed E-state index contributed by atoms with van der Waals surface area (Å²) in [5, 5.41) is 81.9. The van der Waals surface area contributed by atoms with Crippen LogP contribution in [0.4, 0.5) is 0 Å². The van der Waals surface area contributed by atoms with E-state index in [2.05, 4.69) is 44.7 Å². The summed E-state index contributed by atoms with van der Waals surface area (Å²) in [6.07, 6.45) is -0.499. The van der Waals surface area contributed by atoms with Crippen LogP contribution in [0.5, 0.6) is 69.0 Å². The van der Waals surface area contributed by atoms with Crippen LogP contribution in [-0.4, -0.2) is 197 Å². The molecule has 4 saturated heterocycles. The van der Waals surface area contributed by atoms with Crippen LogP contribution in [0.15, 0.2) is 77.3 Å². The van der Waals surface area contributed by atoms with Crippen molar-refractivity contribution in [1.82, 2.24) is 30.2 Å². The van der Waals surface area contributed by atoms with E-state index in [9.17, 15) is 40.2 Å². The lowest BCUT2D eigenvalue weighted by atomic mass is 9.69. The van der Waals surface area contributed by atoms with E-state index in [0.29, 0.717) is 129 Å². The molecular weight excluding hydrogens is 1510 g/mol. The molecule has 0 amide bonds. The van der Waals surface area contributed by atoms with Gasteiger partial charge < -0.3 is 87.5 Å². The third-order valence-corrected chi connectivity index (χ3v) is 29.2. The number of benzene rings is 6. The Labute approximate surface area is 665 Å². The number of nitrogens with zero attached hydrogens (tertiary/aromatic N) is 4. The highest BCUT2D eigenvalue weighted by molar-refractivity contribution is 7.99. The molecular formula is C84H90N6O22S2. The second kappa shape index (κ2) is 27.7. The van der Waals surface area contributed by atoms with Gasteiger partial charge in [-0.25, -0.2) is 9.59 Å². The summed E-state index contributed by atoms with van der Waals surface area (Å²) in [5.74, 6) is 0.183. The topological polar surface area (TPSA) is 337 Å². The van der Waals surface area contributed by atoms with Crippen molar-refractivity contribution >= 4 is 47.4 Å². The Morgan fingerprint density at radius 1 is 0.561 bits per heavy atom. The molecule has 0 saturated carbocycles. The molecule has 21 rings (SSSR count). The van der Waals surface area contributed by atoms with Gasteiger partial charge in [0.1, 0.15) is 42.9 Å². The molecule has 4 fully saturated rings. The Balaban J connectivity index is 0.740. The van der Waals surface area contributed by atoms with Crippen molar-refractivity contribution < 1.29 is 107 Å². The van der Waals surface area contributed by atoms with Crippen molar-refractivity contribution in [2.45, 2.75) is 169 Å². The maximum absolute atomic E-state index is 15.5. The first-order valence-corrected chi connectivity index (χ1v) is 40.8. The fourth-order valence-electron chi connectivity index (χ4n) is 21.6. The highest BCUT2D eigenvalue weighted by Crippen LogP contribution is 2.68. The number of carbonyl (C=O) groups excluding carboxylic acids is 4. The zero-order chi connectivity index (χ0) is 79.3. The number of aliphatic hydroxyl groups excluding tert-OH is 3. The highest BCUT2D eigenvalue weighted by Gasteiger charge is 2.66. The number of hydrogen-bond acceptors (Lipinski definition) is 30. The lowest BCUT2D eigenvalue weighted by Gasteiger charge is -2.63. The first-order chi connectivity index (χ1) is 54.9. The van der Waals surface area contributed by atoms with Crippen molar-refractivity contribution in [1.29, 1.82) is 0 Å². The largest absolute Gasteiger partial charge is 0.504 e. The minimum Gasteiger partial charge on any atom is -0.504 e. The summed E-state index contributed by atoms with van der Waals surface area (Å²) in [7, 11) is 5.98. The van der Waals surface area contributed by atoms with Gasteiger partial charge in [-0.2, -0.15) is 0 Å². The second-order valence-corrected chi connectivity index (χ2v) is 34.3. The highest BCUT2D eigenvalue weighted by atomic mass is 32.2. The van der Waals surface area contributed by atoms with E-state index in [1.807, 2.05) is 43.6 Å². The van der Waals surface area contributed by atoms with Crippen LogP contribution in [0.2, 0.25) is 0 Å². The zero-order valence-corrected chi connectivity index (χ0v) is 66.3. The number of nitrogens with one attached hydrogen (secondary N) is 2. The molecule has 8 bridgehead atoms. The molecule has 2 spiro atoms. The normalized spacial score (nSPS) is 30.2. The number of aliphatic hydroxyl groups is 3. The number of hydrogen-bond donors (Lipinski definition) is 8. The zero-order valence-electron chi connectivity index (χ0n) is 64.6. The molecule has 9 unspecified atom stereocenters. The van der Waals surface area contributed by atoms with Gasteiger partial charge in [0.05, 0.1) is 75.2 Å². The average Bonchev–Trinajstić information content (AvgIpc) is 0.931. The molecule has 14 heterocycles. The SMILES string of the molecule is COC1=C(O)C2=C(CC1C)CC1[C@H](O)N3C(C4SC[C@@]5(NCCc6cc(O)c(OC)cc65)C(=O)OC[C@H]3c3c5c(c(C)c(OC(C)=O)c34)OCO5)C2N1Cc1ccc(CN2C3c4c(cc(C)c(OC)c4O)CC2[C@H](O)N2C3C3SC[C@@]4(NCCc5cc(O)c(OC)cc54)C(=O)OC[C@H]2c2c4c(c(C)c(OC(C)=O)c23)OCO4)cc1. The van der Waals surface area contributed by atoms with E-state index in [-0.39, 0.29) is 115 Å². The molecule has 1 aliphatic carbocycles. The Bertz CT molecular complexity index is 5190. The van der Waals surface area contributed by atoms with Crippen LogP contribution in [-0.2, 0) is 76.8 Å². The number of aryl methyl sites for hydroxylation is 1. The van der Waals surface area contributed by atoms with Crippen molar-refractivity contribution in [3.63, 3.8) is 0 Å². The Kier molecular flexibility index (Phi) is 18.2.